The third-order valence-corrected chi connectivity index (χ3v) is 3.54. The first-order chi connectivity index (χ1) is 9.61. The molecule has 20 heavy (non-hydrogen) atoms. The molecule has 0 aliphatic heterocycles. The average Bonchev–Trinajstić information content (AvgIpc) is 2.77. The molecule has 0 bridgehead atoms. The minimum atomic E-state index is -0.773. The Labute approximate surface area is 115 Å². The molecule has 1 aromatic heterocycles. The van der Waals surface area contributed by atoms with Gasteiger partial charge in [0.05, 0.1) is 12.2 Å². The van der Waals surface area contributed by atoms with Crippen LogP contribution in [0.2, 0.25) is 0 Å². The molecule has 104 valence electrons. The molecular formula is C15H14O5. The minimum Gasteiger partial charge on any atom is -0.508 e. The van der Waals surface area contributed by atoms with Crippen LogP contribution in [-0.4, -0.2) is 23.5 Å². The highest BCUT2D eigenvalue weighted by molar-refractivity contribution is 6.16. The number of phenolic OH excluding ortho intramolecular Hbond substituents is 1. The van der Waals surface area contributed by atoms with Gasteiger partial charge in [-0.25, -0.2) is 0 Å². The zero-order valence-corrected chi connectivity index (χ0v) is 11.0. The number of benzene rings is 1. The van der Waals surface area contributed by atoms with Crippen molar-refractivity contribution in [3.05, 3.63) is 29.5 Å². The molecule has 5 heteroatoms. The van der Waals surface area contributed by atoms with Crippen LogP contribution in [0.3, 0.4) is 0 Å². The van der Waals surface area contributed by atoms with Crippen LogP contribution >= 0.6 is 0 Å². The van der Waals surface area contributed by atoms with Gasteiger partial charge in [0.2, 0.25) is 0 Å². The van der Waals surface area contributed by atoms with Gasteiger partial charge in [-0.2, -0.15) is 0 Å². The van der Waals surface area contributed by atoms with E-state index in [9.17, 15) is 14.7 Å². The maximum Gasteiger partial charge on any atom is 0.316 e. The molecule has 0 amide bonds. The van der Waals surface area contributed by atoms with Crippen molar-refractivity contribution in [3.63, 3.8) is 0 Å². The first-order valence-electron chi connectivity index (χ1n) is 6.57. The topological polar surface area (TPSA) is 76.7 Å². The van der Waals surface area contributed by atoms with Gasteiger partial charge < -0.3 is 14.3 Å². The Morgan fingerprint density at radius 2 is 2.30 bits per heavy atom. The Morgan fingerprint density at radius 1 is 1.50 bits per heavy atom. The van der Waals surface area contributed by atoms with Crippen molar-refractivity contribution in [2.75, 3.05) is 6.61 Å². The number of aryl methyl sites for hydroxylation is 1. The first-order valence-corrected chi connectivity index (χ1v) is 6.57. The van der Waals surface area contributed by atoms with E-state index in [1.165, 1.54) is 12.1 Å². The third-order valence-electron chi connectivity index (χ3n) is 3.54. The lowest BCUT2D eigenvalue weighted by Gasteiger charge is -2.18. The van der Waals surface area contributed by atoms with Crippen LogP contribution in [0.4, 0.5) is 0 Å². The molecule has 0 saturated heterocycles. The fraction of sp³-hybridized carbons (Fsp3) is 0.333. The standard InChI is InChI=1S/C15H14O5/c1-2-19-15(18)9-4-6-12-13(14(9)17)10-7-8(16)3-5-11(10)20-12/h3,5,7,9,16H,2,4,6H2,1H3/t9-/m0/s1. The van der Waals surface area contributed by atoms with E-state index in [1.54, 1.807) is 13.0 Å². The van der Waals surface area contributed by atoms with Gasteiger partial charge in [0, 0.05) is 11.8 Å². The van der Waals surface area contributed by atoms with Crippen LogP contribution in [0, 0.1) is 5.92 Å². The Hall–Kier alpha value is -2.30. The lowest BCUT2D eigenvalue weighted by Crippen LogP contribution is -2.30. The minimum absolute atomic E-state index is 0.0622. The average molecular weight is 274 g/mol. The molecule has 1 N–H and O–H groups in total. The summed E-state index contributed by atoms with van der Waals surface area (Å²) in [5.74, 6) is -0.902. The van der Waals surface area contributed by atoms with Crippen molar-refractivity contribution in [2.24, 2.45) is 5.92 Å². The summed E-state index contributed by atoms with van der Waals surface area (Å²) in [6.45, 7) is 1.96. The molecule has 1 aliphatic rings. The molecule has 0 saturated carbocycles. The molecule has 0 spiro atoms. The highest BCUT2D eigenvalue weighted by Gasteiger charge is 2.37. The van der Waals surface area contributed by atoms with Gasteiger partial charge in [0.15, 0.2) is 5.78 Å². The van der Waals surface area contributed by atoms with E-state index < -0.39 is 11.9 Å². The molecule has 2 aromatic rings. The summed E-state index contributed by atoms with van der Waals surface area (Å²) in [5.41, 5.74) is 0.950. The number of carbonyl (C=O) groups is 2. The first kappa shape index (κ1) is 12.7. The van der Waals surface area contributed by atoms with Gasteiger partial charge in [-0.05, 0) is 31.5 Å². The molecule has 1 atom stereocenters. The second kappa shape index (κ2) is 4.67. The Balaban J connectivity index is 2.08. The normalized spacial score (nSPS) is 18.1. The quantitative estimate of drug-likeness (QED) is 0.672. The van der Waals surface area contributed by atoms with Crippen molar-refractivity contribution in [3.8, 4) is 5.75 Å². The second-order valence-electron chi connectivity index (χ2n) is 4.79. The van der Waals surface area contributed by atoms with E-state index in [0.29, 0.717) is 35.1 Å². The van der Waals surface area contributed by atoms with E-state index in [1.807, 2.05) is 0 Å². The maximum absolute atomic E-state index is 12.5. The molecule has 1 heterocycles. The number of hydrogen-bond acceptors (Lipinski definition) is 5. The van der Waals surface area contributed by atoms with Crippen molar-refractivity contribution in [2.45, 2.75) is 19.8 Å². The maximum atomic E-state index is 12.5. The SMILES string of the molecule is CCOC(=O)[C@H]1CCc2oc3ccc(O)cc3c2C1=O. The molecule has 0 radical (unpaired) electrons. The van der Waals surface area contributed by atoms with E-state index in [2.05, 4.69) is 0 Å². The molecule has 0 fully saturated rings. The number of fused-ring (bicyclic) bond motifs is 3. The van der Waals surface area contributed by atoms with E-state index in [0.717, 1.165) is 0 Å². The summed E-state index contributed by atoms with van der Waals surface area (Å²) >= 11 is 0. The van der Waals surface area contributed by atoms with Crippen LogP contribution in [0.5, 0.6) is 5.75 Å². The summed E-state index contributed by atoms with van der Waals surface area (Å²) < 4.78 is 10.6. The number of hydrogen-bond donors (Lipinski definition) is 1. The number of Topliss-reactive ketones (excluding diaryl/α,β-unsaturated/α-hetero) is 1. The van der Waals surface area contributed by atoms with Crippen LogP contribution in [0.1, 0.15) is 29.5 Å². The Morgan fingerprint density at radius 3 is 3.05 bits per heavy atom. The zero-order chi connectivity index (χ0) is 14.3. The fourth-order valence-electron chi connectivity index (χ4n) is 2.63. The molecular weight excluding hydrogens is 260 g/mol. The lowest BCUT2D eigenvalue weighted by atomic mass is 9.85. The Bertz CT molecular complexity index is 698. The van der Waals surface area contributed by atoms with Gasteiger partial charge in [0.25, 0.3) is 0 Å². The van der Waals surface area contributed by atoms with Crippen molar-refractivity contribution >= 4 is 22.7 Å². The number of ketones is 1. The number of furan rings is 1. The summed E-state index contributed by atoms with van der Waals surface area (Å²) in [7, 11) is 0. The smallest absolute Gasteiger partial charge is 0.316 e. The highest BCUT2D eigenvalue weighted by Crippen LogP contribution is 2.36. The predicted molar refractivity (Wildman–Crippen MR) is 70.7 cm³/mol. The van der Waals surface area contributed by atoms with Crippen LogP contribution < -0.4 is 0 Å². The van der Waals surface area contributed by atoms with Gasteiger partial charge in [-0.3, -0.25) is 9.59 Å². The Kier molecular flexibility index (Phi) is 2.97. The van der Waals surface area contributed by atoms with Crippen molar-refractivity contribution in [1.29, 1.82) is 0 Å². The summed E-state index contributed by atoms with van der Waals surface area (Å²) in [5, 5.41) is 10.1. The van der Waals surface area contributed by atoms with E-state index >= 15 is 0 Å². The van der Waals surface area contributed by atoms with Gasteiger partial charge in [0.1, 0.15) is 23.0 Å². The lowest BCUT2D eigenvalue weighted by molar-refractivity contribution is -0.146. The summed E-state index contributed by atoms with van der Waals surface area (Å²) in [4.78, 5) is 24.3. The molecule has 0 unspecified atom stereocenters. The van der Waals surface area contributed by atoms with Crippen LogP contribution in [0.15, 0.2) is 22.6 Å². The summed E-state index contributed by atoms with van der Waals surface area (Å²) in [6.07, 6.45) is 0.913. The largest absolute Gasteiger partial charge is 0.508 e. The van der Waals surface area contributed by atoms with Gasteiger partial charge >= 0.3 is 5.97 Å². The van der Waals surface area contributed by atoms with Crippen LogP contribution in [0.25, 0.3) is 11.0 Å². The molecule has 5 nitrogen and oxygen atoms in total. The number of ether oxygens (including phenoxy) is 1. The van der Waals surface area contributed by atoms with Gasteiger partial charge in [-0.15, -0.1) is 0 Å². The number of aromatic hydroxyl groups is 1. The number of carbonyl (C=O) groups excluding carboxylic acids is 2. The van der Waals surface area contributed by atoms with E-state index in [-0.39, 0.29) is 18.1 Å². The van der Waals surface area contributed by atoms with Gasteiger partial charge in [-0.1, -0.05) is 0 Å². The van der Waals surface area contributed by atoms with Crippen molar-refractivity contribution in [1.82, 2.24) is 0 Å². The predicted octanol–water partition coefficient (Wildman–Crippen LogP) is 2.45. The molecule has 3 rings (SSSR count). The van der Waals surface area contributed by atoms with E-state index in [4.69, 9.17) is 9.15 Å². The highest BCUT2D eigenvalue weighted by atomic mass is 16.5. The monoisotopic (exact) mass is 274 g/mol. The number of phenols is 1. The number of rotatable bonds is 2. The zero-order valence-electron chi connectivity index (χ0n) is 11.0. The fourth-order valence-corrected chi connectivity index (χ4v) is 2.63. The van der Waals surface area contributed by atoms with Crippen LogP contribution in [-0.2, 0) is 16.0 Å². The van der Waals surface area contributed by atoms with Crippen molar-refractivity contribution < 1.29 is 23.8 Å². The summed E-state index contributed by atoms with van der Waals surface area (Å²) in [6, 6.07) is 4.61. The molecule has 1 aliphatic carbocycles. The third kappa shape index (κ3) is 1.86. The number of esters is 1. The second-order valence-corrected chi connectivity index (χ2v) is 4.79. The molecule has 1 aromatic carbocycles.